The van der Waals surface area contributed by atoms with Crippen molar-refractivity contribution >= 4 is 22.9 Å². The molecular formula is C19H22N6O. The van der Waals surface area contributed by atoms with Gasteiger partial charge in [-0.25, -0.2) is 15.0 Å². The Morgan fingerprint density at radius 2 is 1.92 bits per heavy atom. The summed E-state index contributed by atoms with van der Waals surface area (Å²) in [6, 6.07) is 10.5. The van der Waals surface area contributed by atoms with E-state index in [0.717, 1.165) is 24.9 Å². The molecule has 0 saturated heterocycles. The molecule has 2 aromatic heterocycles. The van der Waals surface area contributed by atoms with Gasteiger partial charge >= 0.3 is 0 Å². The molecule has 1 amide bonds. The molecule has 1 aliphatic rings. The van der Waals surface area contributed by atoms with Gasteiger partial charge < -0.3 is 14.8 Å². The van der Waals surface area contributed by atoms with Crippen molar-refractivity contribution in [2.45, 2.75) is 18.3 Å². The fourth-order valence-corrected chi connectivity index (χ4v) is 3.46. The summed E-state index contributed by atoms with van der Waals surface area (Å²) in [6.07, 6.45) is 5.31. The minimum atomic E-state index is 0.0704. The van der Waals surface area contributed by atoms with Crippen LogP contribution in [0.25, 0.3) is 11.2 Å². The third-order valence-electron chi connectivity index (χ3n) is 5.14. The number of hydrogen-bond donors (Lipinski definition) is 1. The lowest BCUT2D eigenvalue weighted by Gasteiger charge is -2.27. The van der Waals surface area contributed by atoms with Crippen LogP contribution < -0.4 is 4.90 Å². The summed E-state index contributed by atoms with van der Waals surface area (Å²) in [5.41, 5.74) is 2.79. The third kappa shape index (κ3) is 3.00. The number of hydrogen-bond acceptors (Lipinski definition) is 5. The minimum Gasteiger partial charge on any atom is -0.348 e. The van der Waals surface area contributed by atoms with Crippen molar-refractivity contribution in [3.63, 3.8) is 0 Å². The molecule has 1 N–H and O–H groups in total. The molecule has 1 aliphatic carbocycles. The van der Waals surface area contributed by atoms with Gasteiger partial charge in [-0.1, -0.05) is 30.3 Å². The average Bonchev–Trinajstić information content (AvgIpc) is 3.27. The molecule has 134 valence electrons. The molecule has 0 unspecified atom stereocenters. The van der Waals surface area contributed by atoms with Crippen LogP contribution in [0.1, 0.15) is 18.4 Å². The van der Waals surface area contributed by atoms with Crippen molar-refractivity contribution in [2.75, 3.05) is 32.1 Å². The number of aromatic amines is 1. The molecule has 26 heavy (non-hydrogen) atoms. The van der Waals surface area contributed by atoms with Gasteiger partial charge in [-0.15, -0.1) is 0 Å². The fourth-order valence-electron chi connectivity index (χ4n) is 3.46. The summed E-state index contributed by atoms with van der Waals surface area (Å²) >= 11 is 0. The Bertz CT molecular complexity index is 918. The van der Waals surface area contributed by atoms with Crippen LogP contribution in [0.15, 0.2) is 43.0 Å². The number of rotatable bonds is 6. The van der Waals surface area contributed by atoms with E-state index in [1.165, 1.54) is 11.9 Å². The monoisotopic (exact) mass is 350 g/mol. The number of anilines is 1. The van der Waals surface area contributed by atoms with E-state index in [1.807, 2.05) is 30.0 Å². The van der Waals surface area contributed by atoms with Crippen molar-refractivity contribution in [1.82, 2.24) is 24.8 Å². The topological polar surface area (TPSA) is 78.0 Å². The van der Waals surface area contributed by atoms with Gasteiger partial charge in [0.1, 0.15) is 11.8 Å². The van der Waals surface area contributed by atoms with Crippen molar-refractivity contribution in [3.8, 4) is 0 Å². The first kappa shape index (κ1) is 16.5. The Balaban J connectivity index is 1.44. The van der Waals surface area contributed by atoms with Gasteiger partial charge in [-0.2, -0.15) is 0 Å². The smallest absolute Gasteiger partial charge is 0.241 e. The average molecular weight is 350 g/mol. The summed E-state index contributed by atoms with van der Waals surface area (Å²) in [7, 11) is 3.74. The van der Waals surface area contributed by atoms with E-state index in [2.05, 4.69) is 44.2 Å². The predicted molar refractivity (Wildman–Crippen MR) is 99.9 cm³/mol. The Morgan fingerprint density at radius 1 is 1.15 bits per heavy atom. The van der Waals surface area contributed by atoms with Gasteiger partial charge in [0.15, 0.2) is 11.5 Å². The third-order valence-corrected chi connectivity index (χ3v) is 5.14. The summed E-state index contributed by atoms with van der Waals surface area (Å²) in [5, 5.41) is 0. The Morgan fingerprint density at radius 3 is 2.65 bits per heavy atom. The van der Waals surface area contributed by atoms with Crippen LogP contribution >= 0.6 is 0 Å². The maximum absolute atomic E-state index is 12.8. The van der Waals surface area contributed by atoms with Gasteiger partial charge in [0, 0.05) is 26.1 Å². The molecule has 2 heterocycles. The van der Waals surface area contributed by atoms with Gasteiger partial charge in [-0.3, -0.25) is 4.79 Å². The van der Waals surface area contributed by atoms with Crippen LogP contribution in [0, 0.1) is 0 Å². The largest absolute Gasteiger partial charge is 0.348 e. The van der Waals surface area contributed by atoms with Crippen LogP contribution in [0.5, 0.6) is 0 Å². The van der Waals surface area contributed by atoms with E-state index in [1.54, 1.807) is 6.33 Å². The highest BCUT2D eigenvalue weighted by molar-refractivity contribution is 5.87. The fraction of sp³-hybridized carbons (Fsp3) is 0.368. The lowest BCUT2D eigenvalue weighted by Crippen LogP contribution is -2.40. The maximum Gasteiger partial charge on any atom is 0.241 e. The summed E-state index contributed by atoms with van der Waals surface area (Å²) in [4.78, 5) is 32.0. The van der Waals surface area contributed by atoms with Crippen LogP contribution in [0.3, 0.4) is 0 Å². The Labute approximate surface area is 152 Å². The lowest BCUT2D eigenvalue weighted by atomic mass is 9.95. The Hall–Kier alpha value is -2.96. The van der Waals surface area contributed by atoms with Gasteiger partial charge in [-0.05, 0) is 18.4 Å². The molecular weight excluding hydrogens is 328 g/mol. The molecule has 3 aromatic rings. The molecule has 0 spiro atoms. The van der Waals surface area contributed by atoms with Crippen molar-refractivity contribution in [3.05, 3.63) is 48.5 Å². The predicted octanol–water partition coefficient (Wildman–Crippen LogP) is 1.98. The maximum atomic E-state index is 12.8. The van der Waals surface area contributed by atoms with Crippen molar-refractivity contribution < 1.29 is 4.79 Å². The highest BCUT2D eigenvalue weighted by atomic mass is 16.2. The van der Waals surface area contributed by atoms with E-state index in [9.17, 15) is 4.79 Å². The number of carbonyl (C=O) groups is 1. The number of carbonyl (C=O) groups excluding carboxylic acids is 1. The van der Waals surface area contributed by atoms with Gasteiger partial charge in [0.05, 0.1) is 12.9 Å². The summed E-state index contributed by atoms with van der Waals surface area (Å²) in [5.74, 6) is 0.749. The standard InChI is InChI=1S/C19H22N6O/c1-24(18-16-17(21-12-20-16)22-13-23-18)10-15(26)25(2)11-19(8-9-19)14-6-4-3-5-7-14/h3-7,12-13H,8-11H2,1-2H3,(H,20,21,22,23). The Kier molecular flexibility index (Phi) is 4.06. The molecule has 0 radical (unpaired) electrons. The second-order valence-corrected chi connectivity index (χ2v) is 7.05. The molecule has 0 aliphatic heterocycles. The number of nitrogens with zero attached hydrogens (tertiary/aromatic N) is 5. The van der Waals surface area contributed by atoms with Crippen LogP contribution in [-0.4, -0.2) is 57.9 Å². The zero-order valence-corrected chi connectivity index (χ0v) is 15.0. The van der Waals surface area contributed by atoms with E-state index in [4.69, 9.17) is 0 Å². The minimum absolute atomic E-state index is 0.0704. The first-order chi connectivity index (χ1) is 12.6. The highest BCUT2D eigenvalue weighted by Gasteiger charge is 2.45. The van der Waals surface area contributed by atoms with E-state index < -0.39 is 0 Å². The number of nitrogens with one attached hydrogen (secondary N) is 1. The quantitative estimate of drug-likeness (QED) is 0.735. The van der Waals surface area contributed by atoms with E-state index in [-0.39, 0.29) is 17.9 Å². The normalized spacial score (nSPS) is 15.0. The number of imidazole rings is 1. The molecule has 1 saturated carbocycles. The molecule has 0 bridgehead atoms. The van der Waals surface area contributed by atoms with Gasteiger partial charge in [0.25, 0.3) is 0 Å². The summed E-state index contributed by atoms with van der Waals surface area (Å²) < 4.78 is 0. The second-order valence-electron chi connectivity index (χ2n) is 7.05. The van der Waals surface area contributed by atoms with Crippen LogP contribution in [-0.2, 0) is 10.2 Å². The molecule has 0 atom stereocenters. The van der Waals surface area contributed by atoms with Crippen LogP contribution in [0.4, 0.5) is 5.82 Å². The zero-order valence-electron chi connectivity index (χ0n) is 15.0. The lowest BCUT2D eigenvalue weighted by molar-refractivity contribution is -0.128. The van der Waals surface area contributed by atoms with Crippen molar-refractivity contribution in [1.29, 1.82) is 0 Å². The van der Waals surface area contributed by atoms with Crippen molar-refractivity contribution in [2.24, 2.45) is 0 Å². The zero-order chi connectivity index (χ0) is 18.1. The number of fused-ring (bicyclic) bond motifs is 1. The second kappa shape index (κ2) is 6.40. The number of benzene rings is 1. The van der Waals surface area contributed by atoms with E-state index in [0.29, 0.717) is 11.5 Å². The first-order valence-electron chi connectivity index (χ1n) is 8.74. The van der Waals surface area contributed by atoms with Gasteiger partial charge in [0.2, 0.25) is 5.91 Å². The number of amides is 1. The number of H-pyrrole nitrogens is 1. The SMILES string of the molecule is CN(CC1(c2ccccc2)CC1)C(=O)CN(C)c1ncnc2nc[nH]c12. The van der Waals surface area contributed by atoms with Crippen LogP contribution in [0.2, 0.25) is 0 Å². The van der Waals surface area contributed by atoms with E-state index >= 15 is 0 Å². The molecule has 7 nitrogen and oxygen atoms in total. The molecule has 1 fully saturated rings. The number of aromatic nitrogens is 4. The first-order valence-corrected chi connectivity index (χ1v) is 8.74. The molecule has 4 rings (SSSR count). The summed E-state index contributed by atoms with van der Waals surface area (Å²) in [6.45, 7) is 0.999. The molecule has 1 aromatic carbocycles. The highest BCUT2D eigenvalue weighted by Crippen LogP contribution is 2.48. The molecule has 7 heteroatoms. The number of likely N-dealkylation sites (N-methyl/N-ethyl adjacent to an activating group) is 2.